The second kappa shape index (κ2) is 2.82. The average molecular weight is 149 g/mol. The lowest BCUT2D eigenvalue weighted by atomic mass is 10.1. The summed E-state index contributed by atoms with van der Waals surface area (Å²) in [6, 6.07) is -0.269. The summed E-state index contributed by atoms with van der Waals surface area (Å²) < 4.78 is 23.4. The van der Waals surface area contributed by atoms with Gasteiger partial charge in [0.05, 0.1) is 0 Å². The van der Waals surface area contributed by atoms with Crippen molar-refractivity contribution in [1.29, 1.82) is 0 Å². The van der Waals surface area contributed by atoms with Gasteiger partial charge in [0.2, 0.25) is 6.43 Å². The zero-order valence-electron chi connectivity index (χ0n) is 6.06. The Morgan fingerprint density at radius 2 is 2.10 bits per heavy atom. The van der Waals surface area contributed by atoms with E-state index in [9.17, 15) is 8.78 Å². The largest absolute Gasteiger partial charge is 0.327 e. The van der Waals surface area contributed by atoms with Crippen molar-refractivity contribution >= 4 is 0 Å². The van der Waals surface area contributed by atoms with E-state index in [4.69, 9.17) is 5.73 Å². The number of rotatable bonds is 3. The summed E-state index contributed by atoms with van der Waals surface area (Å²) in [5.74, 6) is 0.947. The van der Waals surface area contributed by atoms with E-state index >= 15 is 0 Å². The standard InChI is InChI=1S/C7H13F2N/c1-4-2-5(4)6(10)3-7(8)9/h4-7H,2-3,10H2,1H3/t4?,5-,6?/m1/s1. The molecule has 0 radical (unpaired) electrons. The van der Waals surface area contributed by atoms with E-state index < -0.39 is 6.43 Å². The molecule has 60 valence electrons. The molecule has 0 heterocycles. The fraction of sp³-hybridized carbons (Fsp3) is 1.00. The first kappa shape index (κ1) is 7.92. The van der Waals surface area contributed by atoms with Crippen LogP contribution in [0.2, 0.25) is 0 Å². The van der Waals surface area contributed by atoms with E-state index in [1.807, 2.05) is 0 Å². The molecule has 1 aliphatic rings. The lowest BCUT2D eigenvalue weighted by Gasteiger charge is -2.08. The highest BCUT2D eigenvalue weighted by atomic mass is 19.3. The van der Waals surface area contributed by atoms with Crippen LogP contribution >= 0.6 is 0 Å². The fourth-order valence-electron chi connectivity index (χ4n) is 1.33. The van der Waals surface area contributed by atoms with Crippen LogP contribution in [0.1, 0.15) is 19.8 Å². The van der Waals surface area contributed by atoms with Gasteiger partial charge in [-0.1, -0.05) is 6.92 Å². The molecule has 2 N–H and O–H groups in total. The Bertz CT molecular complexity index is 116. The number of halogens is 2. The predicted octanol–water partition coefficient (Wildman–Crippen LogP) is 1.62. The molecule has 1 saturated carbocycles. The van der Waals surface area contributed by atoms with Gasteiger partial charge in [0.25, 0.3) is 0 Å². The number of hydrogen-bond acceptors (Lipinski definition) is 1. The zero-order chi connectivity index (χ0) is 7.72. The van der Waals surface area contributed by atoms with Gasteiger partial charge in [0, 0.05) is 12.5 Å². The van der Waals surface area contributed by atoms with Crippen molar-refractivity contribution < 1.29 is 8.78 Å². The summed E-state index contributed by atoms with van der Waals surface area (Å²) in [7, 11) is 0. The zero-order valence-corrected chi connectivity index (χ0v) is 6.06. The van der Waals surface area contributed by atoms with Crippen LogP contribution in [0.25, 0.3) is 0 Å². The third kappa shape index (κ3) is 1.90. The van der Waals surface area contributed by atoms with Crippen molar-refractivity contribution in [1.82, 2.24) is 0 Å². The van der Waals surface area contributed by atoms with E-state index in [-0.39, 0.29) is 12.5 Å². The summed E-state index contributed by atoms with van der Waals surface area (Å²) in [6.45, 7) is 2.05. The minimum atomic E-state index is -2.23. The minimum absolute atomic E-state index is 0.130. The van der Waals surface area contributed by atoms with Crippen molar-refractivity contribution in [3.63, 3.8) is 0 Å². The molecule has 0 spiro atoms. The Kier molecular flexibility index (Phi) is 2.24. The van der Waals surface area contributed by atoms with E-state index in [2.05, 4.69) is 6.92 Å². The molecule has 0 bridgehead atoms. The van der Waals surface area contributed by atoms with Crippen molar-refractivity contribution in [2.45, 2.75) is 32.2 Å². The van der Waals surface area contributed by atoms with E-state index in [0.29, 0.717) is 11.8 Å². The summed E-state index contributed by atoms with van der Waals surface area (Å²) >= 11 is 0. The monoisotopic (exact) mass is 149 g/mol. The molecule has 0 aromatic carbocycles. The molecule has 1 fully saturated rings. The second-order valence-electron chi connectivity index (χ2n) is 3.17. The average Bonchev–Trinajstić information content (AvgIpc) is 2.44. The molecular weight excluding hydrogens is 136 g/mol. The van der Waals surface area contributed by atoms with Crippen LogP contribution in [0.5, 0.6) is 0 Å². The molecule has 0 amide bonds. The first-order chi connectivity index (χ1) is 4.61. The Morgan fingerprint density at radius 3 is 2.40 bits per heavy atom. The molecule has 0 aliphatic heterocycles. The maximum Gasteiger partial charge on any atom is 0.240 e. The third-order valence-corrected chi connectivity index (χ3v) is 2.17. The van der Waals surface area contributed by atoms with Crippen molar-refractivity contribution in [2.75, 3.05) is 0 Å². The van der Waals surface area contributed by atoms with Gasteiger partial charge in [-0.3, -0.25) is 0 Å². The van der Waals surface area contributed by atoms with E-state index in [1.54, 1.807) is 0 Å². The molecule has 1 nitrogen and oxygen atoms in total. The maximum atomic E-state index is 11.7. The first-order valence-electron chi connectivity index (χ1n) is 3.65. The number of nitrogens with two attached hydrogens (primary N) is 1. The summed E-state index contributed by atoms with van der Waals surface area (Å²) in [4.78, 5) is 0. The van der Waals surface area contributed by atoms with Gasteiger partial charge in [-0.05, 0) is 18.3 Å². The SMILES string of the molecule is CC1C[C@H]1C(N)CC(F)F. The van der Waals surface area contributed by atoms with Gasteiger partial charge in [-0.25, -0.2) is 8.78 Å². The minimum Gasteiger partial charge on any atom is -0.327 e. The Balaban J connectivity index is 2.16. The molecule has 1 rings (SSSR count). The highest BCUT2D eigenvalue weighted by Crippen LogP contribution is 2.41. The van der Waals surface area contributed by atoms with Crippen molar-refractivity contribution in [3.8, 4) is 0 Å². The molecule has 0 aromatic rings. The molecule has 3 heteroatoms. The van der Waals surface area contributed by atoms with Crippen LogP contribution in [-0.4, -0.2) is 12.5 Å². The van der Waals surface area contributed by atoms with Crippen LogP contribution in [0.4, 0.5) is 8.78 Å². The maximum absolute atomic E-state index is 11.7. The van der Waals surface area contributed by atoms with Gasteiger partial charge in [-0.15, -0.1) is 0 Å². The van der Waals surface area contributed by atoms with Crippen LogP contribution in [0, 0.1) is 11.8 Å². The number of alkyl halides is 2. The van der Waals surface area contributed by atoms with Crippen LogP contribution < -0.4 is 5.73 Å². The van der Waals surface area contributed by atoms with Gasteiger partial charge in [0.1, 0.15) is 0 Å². The molecule has 0 aromatic heterocycles. The van der Waals surface area contributed by atoms with E-state index in [1.165, 1.54) is 0 Å². The lowest BCUT2D eigenvalue weighted by molar-refractivity contribution is 0.124. The predicted molar refractivity (Wildman–Crippen MR) is 35.9 cm³/mol. The smallest absolute Gasteiger partial charge is 0.240 e. The highest BCUT2D eigenvalue weighted by Gasteiger charge is 2.38. The first-order valence-corrected chi connectivity index (χ1v) is 3.65. The lowest BCUT2D eigenvalue weighted by Crippen LogP contribution is -2.25. The fourth-order valence-corrected chi connectivity index (χ4v) is 1.33. The van der Waals surface area contributed by atoms with Crippen molar-refractivity contribution in [2.24, 2.45) is 17.6 Å². The molecule has 10 heavy (non-hydrogen) atoms. The highest BCUT2D eigenvalue weighted by molar-refractivity contribution is 4.90. The topological polar surface area (TPSA) is 26.0 Å². The summed E-state index contributed by atoms with van der Waals surface area (Å²) in [5.41, 5.74) is 5.49. The van der Waals surface area contributed by atoms with Crippen molar-refractivity contribution in [3.05, 3.63) is 0 Å². The molecule has 3 atom stereocenters. The summed E-state index contributed by atoms with van der Waals surface area (Å²) in [6.07, 6.45) is -1.33. The van der Waals surface area contributed by atoms with E-state index in [0.717, 1.165) is 6.42 Å². The molecule has 2 unspecified atom stereocenters. The summed E-state index contributed by atoms with van der Waals surface area (Å²) in [5, 5.41) is 0. The third-order valence-electron chi connectivity index (χ3n) is 2.17. The van der Waals surface area contributed by atoms with Gasteiger partial charge < -0.3 is 5.73 Å². The quantitative estimate of drug-likeness (QED) is 0.648. The normalized spacial score (nSPS) is 34.5. The van der Waals surface area contributed by atoms with Crippen LogP contribution in [0.3, 0.4) is 0 Å². The molecule has 0 saturated heterocycles. The molecular formula is C7H13F2N. The Morgan fingerprint density at radius 1 is 1.60 bits per heavy atom. The number of hydrogen-bond donors (Lipinski definition) is 1. The van der Waals surface area contributed by atoms with Gasteiger partial charge >= 0.3 is 0 Å². The Labute approximate surface area is 59.6 Å². The Hall–Kier alpha value is -0.180. The van der Waals surface area contributed by atoms with Gasteiger partial charge in [-0.2, -0.15) is 0 Å². The van der Waals surface area contributed by atoms with Crippen LogP contribution in [-0.2, 0) is 0 Å². The van der Waals surface area contributed by atoms with Gasteiger partial charge in [0.15, 0.2) is 0 Å². The molecule has 1 aliphatic carbocycles. The second-order valence-corrected chi connectivity index (χ2v) is 3.17. The van der Waals surface area contributed by atoms with Crippen LogP contribution in [0.15, 0.2) is 0 Å².